The van der Waals surface area contributed by atoms with E-state index in [-0.39, 0.29) is 0 Å². The molecule has 1 heteroatoms. The van der Waals surface area contributed by atoms with Gasteiger partial charge in [0.1, 0.15) is 0 Å². The highest BCUT2D eigenvalue weighted by molar-refractivity contribution is 6.81. The standard InChI is InChI=1S/C35H60Si/c1-3-4-5-6-7-16-25-36(2,34-30-21-12-8-17-26(30)27-18-9-13-22-31(27)34)35-32-23-14-10-19-28(32)29-20-11-15-24-33(29)35/h3,26-35H,1,4-25H2,2H3/t26-,27?,28-,29?,30?,31+,32?,33+,34?,35?,36?/m0/s1. The maximum absolute atomic E-state index is 3.98. The van der Waals surface area contributed by atoms with Crippen LogP contribution in [-0.4, -0.2) is 8.07 Å². The third kappa shape index (κ3) is 4.66. The summed E-state index contributed by atoms with van der Waals surface area (Å²) >= 11 is 0. The predicted octanol–water partition coefficient (Wildman–Crippen LogP) is 11.2. The Morgan fingerprint density at radius 1 is 0.500 bits per heavy atom. The lowest BCUT2D eigenvalue weighted by molar-refractivity contribution is 0.184. The zero-order chi connectivity index (χ0) is 24.5. The fourth-order valence-corrected chi connectivity index (χ4v) is 20.6. The van der Waals surface area contributed by atoms with Crippen LogP contribution < -0.4 is 0 Å². The number of hydrogen-bond donors (Lipinski definition) is 0. The van der Waals surface area contributed by atoms with E-state index in [9.17, 15) is 0 Å². The van der Waals surface area contributed by atoms with E-state index in [0.29, 0.717) is 0 Å². The summed E-state index contributed by atoms with van der Waals surface area (Å²) in [6, 6.07) is 1.72. The number of hydrogen-bond acceptors (Lipinski definition) is 0. The highest BCUT2D eigenvalue weighted by atomic mass is 28.3. The molecule has 6 saturated carbocycles. The van der Waals surface area contributed by atoms with E-state index in [0.717, 1.165) is 47.3 Å². The topological polar surface area (TPSA) is 0 Å². The minimum atomic E-state index is -1.40. The third-order valence-corrected chi connectivity index (χ3v) is 20.0. The molecule has 6 rings (SSSR count). The zero-order valence-corrected chi connectivity index (χ0v) is 25.1. The minimum absolute atomic E-state index is 1.15. The smallest absolute Gasteiger partial charge is 0.0578 e. The minimum Gasteiger partial charge on any atom is -0.103 e. The van der Waals surface area contributed by atoms with Gasteiger partial charge in [-0.25, -0.2) is 0 Å². The van der Waals surface area contributed by atoms with Crippen LogP contribution in [0.5, 0.6) is 0 Å². The van der Waals surface area contributed by atoms with Crippen molar-refractivity contribution >= 4 is 8.07 Å². The van der Waals surface area contributed by atoms with Gasteiger partial charge in [-0.15, -0.1) is 6.58 Å². The maximum Gasteiger partial charge on any atom is 0.0578 e. The third-order valence-electron chi connectivity index (χ3n) is 13.8. The van der Waals surface area contributed by atoms with Crippen molar-refractivity contribution in [1.29, 1.82) is 0 Å². The first-order valence-electron chi connectivity index (χ1n) is 17.3. The Morgan fingerprint density at radius 2 is 0.833 bits per heavy atom. The van der Waals surface area contributed by atoms with Gasteiger partial charge in [0.05, 0.1) is 8.07 Å². The van der Waals surface area contributed by atoms with Crippen molar-refractivity contribution in [1.82, 2.24) is 0 Å². The predicted molar refractivity (Wildman–Crippen MR) is 159 cm³/mol. The Labute approximate surface area is 226 Å². The molecule has 0 aromatic rings. The first-order valence-corrected chi connectivity index (χ1v) is 20.2. The lowest BCUT2D eigenvalue weighted by Crippen LogP contribution is -2.50. The van der Waals surface area contributed by atoms with E-state index < -0.39 is 8.07 Å². The highest BCUT2D eigenvalue weighted by Gasteiger charge is 2.64. The van der Waals surface area contributed by atoms with Crippen molar-refractivity contribution in [3.05, 3.63) is 12.7 Å². The molecule has 36 heavy (non-hydrogen) atoms. The highest BCUT2D eigenvalue weighted by Crippen LogP contribution is 2.71. The van der Waals surface area contributed by atoms with Gasteiger partial charge >= 0.3 is 0 Å². The SMILES string of the molecule is C=CCCCCCC[Si](C)(C1C2CCCC[C@H]2C2CCCC[C@H]21)C1C2CCCC[C@H]2C2CCCC[C@H]21. The number of fused-ring (bicyclic) bond motifs is 6. The molecule has 0 bridgehead atoms. The first-order chi connectivity index (χ1) is 17.7. The number of allylic oxidation sites excluding steroid dienone is 1. The summed E-state index contributed by atoms with van der Waals surface area (Å²) in [5.74, 6) is 9.25. The van der Waals surface area contributed by atoms with Crippen molar-refractivity contribution < 1.29 is 0 Å². The molecule has 0 aromatic heterocycles. The Bertz CT molecular complexity index is 634. The Hall–Kier alpha value is -0.0431. The fraction of sp³-hybridized carbons (Fsp3) is 0.943. The van der Waals surface area contributed by atoms with Crippen LogP contribution in [0.2, 0.25) is 23.7 Å². The van der Waals surface area contributed by atoms with Gasteiger partial charge in [-0.2, -0.15) is 0 Å². The molecule has 0 N–H and O–H groups in total. The maximum atomic E-state index is 3.98. The van der Waals surface area contributed by atoms with Gasteiger partial charge in [-0.05, 0) is 97.0 Å². The molecule has 6 aliphatic rings. The van der Waals surface area contributed by atoms with Crippen LogP contribution in [0.25, 0.3) is 0 Å². The second-order valence-corrected chi connectivity index (χ2v) is 20.1. The van der Waals surface area contributed by atoms with Crippen molar-refractivity contribution in [2.45, 2.75) is 159 Å². The van der Waals surface area contributed by atoms with E-state index in [2.05, 4.69) is 19.2 Å². The van der Waals surface area contributed by atoms with Crippen molar-refractivity contribution in [2.75, 3.05) is 0 Å². The van der Waals surface area contributed by atoms with Gasteiger partial charge in [-0.1, -0.05) is 115 Å². The van der Waals surface area contributed by atoms with E-state index >= 15 is 0 Å². The van der Waals surface area contributed by atoms with E-state index in [1.807, 2.05) is 0 Å². The second-order valence-electron chi connectivity index (χ2n) is 15.2. The summed E-state index contributed by atoms with van der Waals surface area (Å²) < 4.78 is 0. The van der Waals surface area contributed by atoms with Crippen molar-refractivity contribution in [2.24, 2.45) is 47.3 Å². The van der Waals surface area contributed by atoms with Crippen LogP contribution in [0.4, 0.5) is 0 Å². The van der Waals surface area contributed by atoms with Crippen molar-refractivity contribution in [3.8, 4) is 0 Å². The van der Waals surface area contributed by atoms with Gasteiger partial charge in [-0.3, -0.25) is 0 Å². The molecule has 0 heterocycles. The molecule has 0 spiro atoms. The summed E-state index contributed by atoms with van der Waals surface area (Å²) in [6.45, 7) is 7.09. The molecule has 6 fully saturated rings. The molecule has 204 valence electrons. The lowest BCUT2D eigenvalue weighted by Gasteiger charge is -2.51. The van der Waals surface area contributed by atoms with Crippen LogP contribution in [0.15, 0.2) is 12.7 Å². The first kappa shape index (κ1) is 26.2. The van der Waals surface area contributed by atoms with E-state index in [1.54, 1.807) is 115 Å². The van der Waals surface area contributed by atoms with Gasteiger partial charge in [0.25, 0.3) is 0 Å². The lowest BCUT2D eigenvalue weighted by atomic mass is 9.73. The Kier molecular flexibility index (Phi) is 8.44. The van der Waals surface area contributed by atoms with Crippen molar-refractivity contribution in [3.63, 3.8) is 0 Å². The monoisotopic (exact) mass is 508 g/mol. The molecule has 0 aromatic carbocycles. The van der Waals surface area contributed by atoms with Gasteiger partial charge < -0.3 is 0 Å². The van der Waals surface area contributed by atoms with E-state index in [1.165, 1.54) is 36.8 Å². The molecule has 0 radical (unpaired) electrons. The van der Waals surface area contributed by atoms with Gasteiger partial charge in [0.2, 0.25) is 0 Å². The summed E-state index contributed by atoms with van der Waals surface area (Å²) in [4.78, 5) is 0. The summed E-state index contributed by atoms with van der Waals surface area (Å²) in [5.41, 5.74) is 2.43. The average Bonchev–Trinajstić information content (AvgIpc) is 3.45. The van der Waals surface area contributed by atoms with Gasteiger partial charge in [0.15, 0.2) is 0 Å². The molecule has 6 unspecified atom stereocenters. The second kappa shape index (κ2) is 11.6. The molecular formula is C35H60Si. The fourth-order valence-electron chi connectivity index (χ4n) is 13.0. The molecule has 10 atom stereocenters. The number of rotatable bonds is 9. The molecule has 0 saturated heterocycles. The Morgan fingerprint density at radius 3 is 1.19 bits per heavy atom. The molecule has 0 amide bonds. The largest absolute Gasteiger partial charge is 0.103 e. The van der Waals surface area contributed by atoms with Crippen LogP contribution >= 0.6 is 0 Å². The zero-order valence-electron chi connectivity index (χ0n) is 24.1. The molecule has 6 aliphatic carbocycles. The van der Waals surface area contributed by atoms with Gasteiger partial charge in [0, 0.05) is 0 Å². The average molecular weight is 509 g/mol. The van der Waals surface area contributed by atoms with Crippen LogP contribution in [-0.2, 0) is 0 Å². The quantitative estimate of drug-likeness (QED) is 0.165. The van der Waals surface area contributed by atoms with Crippen LogP contribution in [0.3, 0.4) is 0 Å². The van der Waals surface area contributed by atoms with Crippen LogP contribution in [0.1, 0.15) is 135 Å². The summed E-state index contributed by atoms with van der Waals surface area (Å²) in [6.07, 6.45) is 34.9. The Balaban J connectivity index is 1.33. The van der Waals surface area contributed by atoms with E-state index in [4.69, 9.17) is 0 Å². The molecule has 0 aliphatic heterocycles. The number of unbranched alkanes of at least 4 members (excludes halogenated alkanes) is 4. The van der Waals surface area contributed by atoms with Crippen LogP contribution in [0, 0.1) is 47.3 Å². The normalized spacial score (nSPS) is 45.7. The summed E-state index contributed by atoms with van der Waals surface area (Å²) in [7, 11) is -1.40. The molecular weight excluding hydrogens is 448 g/mol. The molecule has 0 nitrogen and oxygen atoms in total. The summed E-state index contributed by atoms with van der Waals surface area (Å²) in [5, 5.41) is 0.